The molecule has 0 radical (unpaired) electrons. The molecule has 2 amide bonds. The van der Waals surface area contributed by atoms with Crippen molar-refractivity contribution in [2.45, 2.75) is 33.2 Å². The Kier molecular flexibility index (Phi) is 9.49. The number of aryl methyl sites for hydroxylation is 1. The van der Waals surface area contributed by atoms with Crippen LogP contribution in [0, 0.1) is 0 Å². The highest BCUT2D eigenvalue weighted by Crippen LogP contribution is 2.49. The lowest BCUT2D eigenvalue weighted by molar-refractivity contribution is 0.0896. The third kappa shape index (κ3) is 6.72. The van der Waals surface area contributed by atoms with Gasteiger partial charge >= 0.3 is 7.60 Å². The molecule has 0 saturated carbocycles. The maximum absolute atomic E-state index is 13.6. The smallest absolute Gasteiger partial charge is 0.315 e. The number of unbranched alkanes of at least 4 members (excludes halogenated alkanes) is 1. The van der Waals surface area contributed by atoms with Crippen molar-refractivity contribution in [3.05, 3.63) is 96.3 Å². The van der Waals surface area contributed by atoms with E-state index < -0.39 is 19.4 Å². The van der Waals surface area contributed by atoms with E-state index in [2.05, 4.69) is 15.0 Å². The zero-order valence-electron chi connectivity index (χ0n) is 21.8. The number of nitrogens with zero attached hydrogens (tertiary/aromatic N) is 5. The van der Waals surface area contributed by atoms with Crippen LogP contribution < -0.4 is 4.90 Å². The molecule has 11 heteroatoms. The van der Waals surface area contributed by atoms with Gasteiger partial charge in [-0.25, -0.2) is 19.9 Å². The number of benzene rings is 2. The van der Waals surface area contributed by atoms with Crippen LogP contribution in [0.3, 0.4) is 0 Å². The van der Waals surface area contributed by atoms with Gasteiger partial charge in [-0.1, -0.05) is 42.5 Å². The number of imidazole rings is 1. The number of hydrogen-bond acceptors (Lipinski definition) is 8. The third-order valence-corrected chi connectivity index (χ3v) is 7.53. The molecule has 0 saturated heterocycles. The highest BCUT2D eigenvalue weighted by Gasteiger charge is 2.30. The number of hydrogen-bond donors (Lipinski definition) is 0. The third-order valence-electron chi connectivity index (χ3n) is 5.72. The summed E-state index contributed by atoms with van der Waals surface area (Å²) in [5, 5.41) is 0. The molecular weight excluding hydrogens is 517 g/mol. The van der Waals surface area contributed by atoms with Crippen LogP contribution in [0.5, 0.6) is 0 Å². The lowest BCUT2D eigenvalue weighted by Gasteiger charge is -2.20. The van der Waals surface area contributed by atoms with Crippen molar-refractivity contribution in [1.82, 2.24) is 19.5 Å². The molecule has 0 aliphatic heterocycles. The van der Waals surface area contributed by atoms with Crippen LogP contribution in [0.25, 0.3) is 11.2 Å². The molecule has 0 aliphatic carbocycles. The van der Waals surface area contributed by atoms with Gasteiger partial charge in [0.1, 0.15) is 6.33 Å². The summed E-state index contributed by atoms with van der Waals surface area (Å²) in [4.78, 5) is 41.4. The average Bonchev–Trinajstić information content (AvgIpc) is 3.38. The van der Waals surface area contributed by atoms with Gasteiger partial charge in [0.2, 0.25) is 0 Å². The molecular formula is C28H30N5O5P. The van der Waals surface area contributed by atoms with Crippen LogP contribution >= 0.6 is 7.60 Å². The summed E-state index contributed by atoms with van der Waals surface area (Å²) in [6.45, 7) is 4.66. The first-order valence-corrected chi connectivity index (χ1v) is 14.3. The minimum atomic E-state index is -3.24. The molecule has 39 heavy (non-hydrogen) atoms. The molecule has 10 nitrogen and oxygen atoms in total. The van der Waals surface area contributed by atoms with Gasteiger partial charge in [0.25, 0.3) is 11.8 Å². The van der Waals surface area contributed by atoms with E-state index in [1.807, 2.05) is 4.57 Å². The Balaban J connectivity index is 1.60. The lowest BCUT2D eigenvalue weighted by Crippen LogP contribution is -2.38. The number of carbonyl (C=O) groups excluding carboxylic acids is 2. The van der Waals surface area contributed by atoms with E-state index in [4.69, 9.17) is 9.05 Å². The van der Waals surface area contributed by atoms with Gasteiger partial charge in [-0.05, 0) is 51.0 Å². The Morgan fingerprint density at radius 2 is 1.49 bits per heavy atom. The quantitative estimate of drug-likeness (QED) is 0.123. The van der Waals surface area contributed by atoms with E-state index in [1.165, 1.54) is 12.1 Å². The average molecular weight is 548 g/mol. The molecule has 0 unspecified atom stereocenters. The fourth-order valence-electron chi connectivity index (χ4n) is 3.97. The second-order valence-electron chi connectivity index (χ2n) is 8.39. The molecule has 0 N–H and O–H groups in total. The van der Waals surface area contributed by atoms with Crippen LogP contribution in [-0.4, -0.2) is 44.5 Å². The Morgan fingerprint density at radius 3 is 2.05 bits per heavy atom. The zero-order chi connectivity index (χ0) is 27.7. The number of anilines is 1. The second-order valence-corrected chi connectivity index (χ2v) is 10.3. The highest BCUT2D eigenvalue weighted by atomic mass is 31.2. The number of carbonyl (C=O) groups is 2. The summed E-state index contributed by atoms with van der Waals surface area (Å²) in [5.41, 5.74) is 1.51. The van der Waals surface area contributed by atoms with Gasteiger partial charge in [-0.15, -0.1) is 0 Å². The van der Waals surface area contributed by atoms with Gasteiger partial charge in [0.15, 0.2) is 17.0 Å². The van der Waals surface area contributed by atoms with Crippen LogP contribution in [0.15, 0.2) is 85.2 Å². The molecule has 0 aliphatic rings. The minimum Gasteiger partial charge on any atom is -0.315 e. The number of fused-ring (bicyclic) bond motifs is 1. The largest absolute Gasteiger partial charge is 0.353 e. The Hall–Kier alpha value is -3.98. The van der Waals surface area contributed by atoms with Crippen molar-refractivity contribution in [3.8, 4) is 0 Å². The fourth-order valence-corrected chi connectivity index (χ4v) is 5.34. The summed E-state index contributed by atoms with van der Waals surface area (Å²) in [7, 11) is -3.24. The highest BCUT2D eigenvalue weighted by molar-refractivity contribution is 7.57. The van der Waals surface area contributed by atoms with E-state index in [1.54, 1.807) is 86.9 Å². The second kappa shape index (κ2) is 13.2. The molecule has 2 aromatic heterocycles. The predicted molar refractivity (Wildman–Crippen MR) is 149 cm³/mol. The summed E-state index contributed by atoms with van der Waals surface area (Å²) < 4.78 is 24.9. The number of rotatable bonds is 12. The first kappa shape index (κ1) is 28.0. The Labute approximate surface area is 226 Å². The summed E-state index contributed by atoms with van der Waals surface area (Å²) >= 11 is 0. The molecule has 2 aromatic carbocycles. The molecule has 0 spiro atoms. The summed E-state index contributed by atoms with van der Waals surface area (Å²) in [6.07, 6.45) is 6.02. The monoisotopic (exact) mass is 547 g/mol. The van der Waals surface area contributed by atoms with Crippen LogP contribution in [0.2, 0.25) is 0 Å². The van der Waals surface area contributed by atoms with E-state index in [0.717, 1.165) is 4.90 Å². The predicted octanol–water partition coefficient (Wildman–Crippen LogP) is 5.87. The lowest BCUT2D eigenvalue weighted by atomic mass is 10.1. The minimum absolute atomic E-state index is 0.107. The molecule has 2 heterocycles. The van der Waals surface area contributed by atoms with Crippen molar-refractivity contribution < 1.29 is 23.2 Å². The standard InChI is InChI=1S/C28H30N5O5P/c1-3-37-39(36,38-4-2)19-13-7-12-18-32-21-31-24-25(32)29-20-30-26(24)33(27(34)22-14-8-5-9-15-22)28(35)23-16-10-6-11-17-23/h5-6,8-11,13-17,19-21H,3-4,7,12,18H2,1-2H3. The van der Waals surface area contributed by atoms with Crippen LogP contribution in [0.1, 0.15) is 47.4 Å². The topological polar surface area (TPSA) is 117 Å². The number of allylic oxidation sites excluding steroid dienone is 1. The van der Waals surface area contributed by atoms with Crippen LogP contribution in [0.4, 0.5) is 5.82 Å². The van der Waals surface area contributed by atoms with Gasteiger partial charge in [0.05, 0.1) is 19.5 Å². The number of amides is 2. The number of aromatic nitrogens is 4. The normalized spacial score (nSPS) is 11.7. The first-order chi connectivity index (χ1) is 19.0. The molecule has 0 atom stereocenters. The maximum Gasteiger partial charge on any atom is 0.353 e. The SMILES string of the molecule is CCOP(=O)(C=CCCCn1cnc2c(N(C(=O)c3ccccc3)C(=O)c3ccccc3)ncnc21)OCC. The van der Waals surface area contributed by atoms with Crippen molar-refractivity contribution >= 4 is 36.4 Å². The first-order valence-electron chi connectivity index (χ1n) is 12.7. The van der Waals surface area contributed by atoms with E-state index >= 15 is 0 Å². The van der Waals surface area contributed by atoms with Crippen molar-refractivity contribution in [1.29, 1.82) is 0 Å². The molecule has 0 fully saturated rings. The molecule has 202 valence electrons. The van der Waals surface area contributed by atoms with Gasteiger partial charge in [0, 0.05) is 23.5 Å². The fraction of sp³-hybridized carbons (Fsp3) is 0.250. The van der Waals surface area contributed by atoms with E-state index in [9.17, 15) is 14.2 Å². The Morgan fingerprint density at radius 1 is 0.897 bits per heavy atom. The van der Waals surface area contributed by atoms with Crippen molar-refractivity contribution in [2.24, 2.45) is 0 Å². The maximum atomic E-state index is 13.6. The summed E-state index contributed by atoms with van der Waals surface area (Å²) in [5.74, 6) is 0.569. The summed E-state index contributed by atoms with van der Waals surface area (Å²) in [6, 6.07) is 17.1. The van der Waals surface area contributed by atoms with Gasteiger partial charge < -0.3 is 13.6 Å². The molecule has 0 bridgehead atoms. The van der Waals surface area contributed by atoms with E-state index in [-0.39, 0.29) is 5.82 Å². The van der Waals surface area contributed by atoms with Crippen molar-refractivity contribution in [2.75, 3.05) is 18.1 Å². The Bertz CT molecular complexity index is 1430. The van der Waals surface area contributed by atoms with Crippen molar-refractivity contribution in [3.63, 3.8) is 0 Å². The van der Waals surface area contributed by atoms with Gasteiger partial charge in [-0.3, -0.25) is 14.2 Å². The number of imide groups is 1. The molecule has 4 rings (SSSR count). The molecule has 4 aromatic rings. The zero-order valence-corrected chi connectivity index (χ0v) is 22.7. The van der Waals surface area contributed by atoms with Crippen LogP contribution in [-0.2, 0) is 20.2 Å². The van der Waals surface area contributed by atoms with Gasteiger partial charge in [-0.2, -0.15) is 0 Å². The van der Waals surface area contributed by atoms with E-state index in [0.29, 0.717) is 54.9 Å².